The molecule has 3 rings (SSSR count). The largest absolute Gasteiger partial charge is 0.276 e. The van der Waals surface area contributed by atoms with E-state index in [4.69, 9.17) is 0 Å². The second-order valence-electron chi connectivity index (χ2n) is 4.87. The van der Waals surface area contributed by atoms with Crippen LogP contribution in [0.25, 0.3) is 0 Å². The van der Waals surface area contributed by atoms with E-state index >= 15 is 0 Å². The van der Waals surface area contributed by atoms with Gasteiger partial charge in [0.2, 0.25) is 11.8 Å². The molecule has 2 fully saturated rings. The third-order valence-corrected chi connectivity index (χ3v) is 4.75. The Morgan fingerprint density at radius 3 is 2.50 bits per heavy atom. The number of carbonyl (C=O) groups excluding carboxylic acids is 2. The maximum Gasteiger partial charge on any atom is 0.233 e. The smallest absolute Gasteiger partial charge is 0.233 e. The highest BCUT2D eigenvalue weighted by Gasteiger charge is 2.58. The fourth-order valence-electron chi connectivity index (χ4n) is 2.58. The number of hydrogen-bond acceptors (Lipinski definition) is 3. The van der Waals surface area contributed by atoms with Crippen LogP contribution >= 0.6 is 15.9 Å². The van der Waals surface area contributed by atoms with Crippen molar-refractivity contribution < 1.29 is 9.59 Å². The minimum atomic E-state index is -0.0321. The molecule has 0 bridgehead atoms. The second kappa shape index (κ2) is 3.91. The average molecular weight is 312 g/mol. The monoisotopic (exact) mass is 311 g/mol. The minimum absolute atomic E-state index is 0.0154. The highest BCUT2D eigenvalue weighted by Crippen LogP contribution is 2.47. The number of rotatable bonds is 3. The molecule has 5 nitrogen and oxygen atoms in total. The zero-order valence-electron chi connectivity index (χ0n) is 10.3. The van der Waals surface area contributed by atoms with E-state index in [9.17, 15) is 9.59 Å². The lowest BCUT2D eigenvalue weighted by Crippen LogP contribution is -2.33. The first-order valence-electron chi connectivity index (χ1n) is 6.11. The summed E-state index contributed by atoms with van der Waals surface area (Å²) in [5, 5.41) is 4.37. The number of piperidine rings is 1. The maximum absolute atomic E-state index is 11.9. The van der Waals surface area contributed by atoms with E-state index in [0.29, 0.717) is 6.54 Å². The molecular weight excluding hydrogens is 298 g/mol. The Hall–Kier alpha value is -1.17. The Kier molecular flexibility index (Phi) is 2.59. The predicted octanol–water partition coefficient (Wildman–Crippen LogP) is 1.48. The summed E-state index contributed by atoms with van der Waals surface area (Å²) in [5.41, 5.74) is 1.79. The Morgan fingerprint density at radius 2 is 1.94 bits per heavy atom. The van der Waals surface area contributed by atoms with E-state index in [1.807, 2.05) is 18.5 Å². The number of nitrogens with zero attached hydrogens (tertiary/aromatic N) is 3. The average Bonchev–Trinajstić information content (AvgIpc) is 3.05. The Labute approximate surface area is 113 Å². The molecule has 0 aromatic carbocycles. The molecule has 6 heteroatoms. The number of halogens is 1. The van der Waals surface area contributed by atoms with Gasteiger partial charge in [-0.1, -0.05) is 0 Å². The number of carbonyl (C=O) groups is 2. The van der Waals surface area contributed by atoms with Crippen molar-refractivity contribution in [3.8, 4) is 0 Å². The quantitative estimate of drug-likeness (QED) is 0.795. The summed E-state index contributed by atoms with van der Waals surface area (Å²) in [6.45, 7) is 4.96. The van der Waals surface area contributed by atoms with E-state index in [0.717, 1.165) is 28.8 Å². The lowest BCUT2D eigenvalue weighted by Gasteiger charge is -2.17. The van der Waals surface area contributed by atoms with Gasteiger partial charge in [0.15, 0.2) is 0 Å². The molecule has 1 aromatic rings. The summed E-state index contributed by atoms with van der Waals surface area (Å²) >= 11 is 3.48. The van der Waals surface area contributed by atoms with Gasteiger partial charge in [0, 0.05) is 6.54 Å². The molecule has 0 spiro atoms. The van der Waals surface area contributed by atoms with Gasteiger partial charge in [-0.25, -0.2) is 0 Å². The summed E-state index contributed by atoms with van der Waals surface area (Å²) in [6.07, 6.45) is 0.751. The zero-order chi connectivity index (χ0) is 13.0. The summed E-state index contributed by atoms with van der Waals surface area (Å²) in [4.78, 5) is 25.3. The van der Waals surface area contributed by atoms with Gasteiger partial charge in [-0.3, -0.25) is 19.2 Å². The minimum Gasteiger partial charge on any atom is -0.276 e. The number of aromatic nitrogens is 2. The van der Waals surface area contributed by atoms with Crippen LogP contribution in [-0.2, 0) is 22.7 Å². The van der Waals surface area contributed by atoms with E-state index < -0.39 is 0 Å². The molecular formula is C12H14BrN3O2. The van der Waals surface area contributed by atoms with Crippen molar-refractivity contribution in [1.29, 1.82) is 0 Å². The number of aryl methyl sites for hydroxylation is 2. The number of amides is 2. The molecule has 1 saturated heterocycles. The van der Waals surface area contributed by atoms with Crippen LogP contribution in [0.5, 0.6) is 0 Å². The molecule has 0 N–H and O–H groups in total. The van der Waals surface area contributed by atoms with Gasteiger partial charge in [0.25, 0.3) is 0 Å². The van der Waals surface area contributed by atoms with Crippen LogP contribution in [0.15, 0.2) is 4.47 Å². The maximum atomic E-state index is 11.9. The van der Waals surface area contributed by atoms with Crippen LogP contribution in [0, 0.1) is 18.8 Å². The third kappa shape index (κ3) is 1.55. The van der Waals surface area contributed by atoms with Gasteiger partial charge in [-0.15, -0.1) is 0 Å². The standard InChI is InChI=1S/C12H14BrN3O2/c1-3-16-9(10(13)6(2)14-16)5-15-11(17)7-4-8(7)12(15)18/h7-8H,3-5H2,1-2H3. The summed E-state index contributed by atoms with van der Waals surface area (Å²) < 4.78 is 2.73. The Morgan fingerprint density at radius 1 is 1.33 bits per heavy atom. The molecule has 0 radical (unpaired) electrons. The number of likely N-dealkylation sites (tertiary alicyclic amines) is 1. The highest BCUT2D eigenvalue weighted by atomic mass is 79.9. The summed E-state index contributed by atoms with van der Waals surface area (Å²) in [5.74, 6) is -0.0949. The fourth-order valence-corrected chi connectivity index (χ4v) is 2.98. The van der Waals surface area contributed by atoms with Crippen molar-refractivity contribution in [1.82, 2.24) is 14.7 Å². The topological polar surface area (TPSA) is 55.2 Å². The van der Waals surface area contributed by atoms with Crippen molar-refractivity contribution in [3.05, 3.63) is 15.9 Å². The molecule has 1 aliphatic heterocycles. The van der Waals surface area contributed by atoms with Crippen molar-refractivity contribution >= 4 is 27.7 Å². The number of imide groups is 1. The molecule has 1 saturated carbocycles. The normalized spacial score (nSPS) is 25.8. The van der Waals surface area contributed by atoms with Gasteiger partial charge < -0.3 is 0 Å². The lowest BCUT2D eigenvalue weighted by atomic mass is 10.3. The predicted molar refractivity (Wildman–Crippen MR) is 67.5 cm³/mol. The van der Waals surface area contributed by atoms with Crippen molar-refractivity contribution in [2.75, 3.05) is 0 Å². The molecule has 2 unspecified atom stereocenters. The van der Waals surface area contributed by atoms with E-state index in [-0.39, 0.29) is 23.7 Å². The van der Waals surface area contributed by atoms with Crippen LogP contribution < -0.4 is 0 Å². The molecule has 2 atom stereocenters. The van der Waals surface area contributed by atoms with Crippen molar-refractivity contribution in [2.45, 2.75) is 33.4 Å². The van der Waals surface area contributed by atoms with Gasteiger partial charge in [0.05, 0.1) is 34.2 Å². The molecule has 2 heterocycles. The molecule has 1 aliphatic carbocycles. The number of hydrogen-bond donors (Lipinski definition) is 0. The number of fused-ring (bicyclic) bond motifs is 1. The molecule has 2 aliphatic rings. The molecule has 96 valence electrons. The van der Waals surface area contributed by atoms with E-state index in [2.05, 4.69) is 21.0 Å². The second-order valence-corrected chi connectivity index (χ2v) is 5.67. The first-order chi connectivity index (χ1) is 8.54. The lowest BCUT2D eigenvalue weighted by molar-refractivity contribution is -0.142. The Balaban J connectivity index is 1.89. The summed E-state index contributed by atoms with van der Waals surface area (Å²) in [7, 11) is 0. The Bertz CT molecular complexity index is 532. The van der Waals surface area contributed by atoms with Crippen molar-refractivity contribution in [3.63, 3.8) is 0 Å². The highest BCUT2D eigenvalue weighted by molar-refractivity contribution is 9.10. The summed E-state index contributed by atoms with van der Waals surface area (Å²) in [6, 6.07) is 0. The molecule has 1 aromatic heterocycles. The van der Waals surface area contributed by atoms with Gasteiger partial charge in [-0.05, 0) is 36.2 Å². The van der Waals surface area contributed by atoms with Gasteiger partial charge in [-0.2, -0.15) is 5.10 Å². The first-order valence-corrected chi connectivity index (χ1v) is 6.90. The first kappa shape index (κ1) is 11.9. The fraction of sp³-hybridized carbons (Fsp3) is 0.583. The van der Waals surface area contributed by atoms with Crippen molar-refractivity contribution in [2.24, 2.45) is 11.8 Å². The third-order valence-electron chi connectivity index (χ3n) is 3.72. The van der Waals surface area contributed by atoms with Crippen LogP contribution in [-0.4, -0.2) is 26.5 Å². The van der Waals surface area contributed by atoms with Crippen LogP contribution in [0.2, 0.25) is 0 Å². The van der Waals surface area contributed by atoms with Gasteiger partial charge in [0.1, 0.15) is 0 Å². The van der Waals surface area contributed by atoms with Gasteiger partial charge >= 0.3 is 0 Å². The van der Waals surface area contributed by atoms with Crippen LogP contribution in [0.4, 0.5) is 0 Å². The molecule has 2 amide bonds. The SMILES string of the molecule is CCn1nc(C)c(Br)c1CN1C(=O)C2CC2C1=O. The van der Waals surface area contributed by atoms with Crippen LogP contribution in [0.3, 0.4) is 0 Å². The van der Waals surface area contributed by atoms with E-state index in [1.165, 1.54) is 4.90 Å². The zero-order valence-corrected chi connectivity index (χ0v) is 11.9. The van der Waals surface area contributed by atoms with E-state index in [1.54, 1.807) is 0 Å². The van der Waals surface area contributed by atoms with Crippen LogP contribution in [0.1, 0.15) is 24.7 Å². The molecule has 18 heavy (non-hydrogen) atoms.